The third-order valence-electron chi connectivity index (χ3n) is 5.83. The molecule has 1 aromatic carbocycles. The summed E-state index contributed by atoms with van der Waals surface area (Å²) in [6, 6.07) is 1.53. The average molecular weight is 434 g/mol. The second-order valence-corrected chi connectivity index (χ2v) is 8.35. The summed E-state index contributed by atoms with van der Waals surface area (Å²) in [5.41, 5.74) is 0.703. The van der Waals surface area contributed by atoms with Gasteiger partial charge in [-0.25, -0.2) is 0 Å². The largest absolute Gasteiger partial charge is 0.507 e. The molecule has 2 aliphatic heterocycles. The molecule has 1 saturated heterocycles. The number of Topliss-reactive ketones (excluding diaryl/α,β-unsaturated/α-hetero) is 1. The van der Waals surface area contributed by atoms with E-state index in [1.165, 1.54) is 13.0 Å². The number of ether oxygens (including phenoxy) is 3. The summed E-state index contributed by atoms with van der Waals surface area (Å²) >= 11 is 0. The molecule has 5 atom stereocenters. The Labute approximate surface area is 178 Å². The first-order valence-corrected chi connectivity index (χ1v) is 10.3. The van der Waals surface area contributed by atoms with Gasteiger partial charge in [0.2, 0.25) is 0 Å². The van der Waals surface area contributed by atoms with E-state index < -0.39 is 48.6 Å². The highest BCUT2D eigenvalue weighted by Crippen LogP contribution is 2.46. The minimum atomic E-state index is -1.46. The molecule has 5 unspecified atom stereocenters. The van der Waals surface area contributed by atoms with Crippen molar-refractivity contribution >= 4 is 11.6 Å². The quantitative estimate of drug-likeness (QED) is 0.544. The van der Waals surface area contributed by atoms with Gasteiger partial charge in [0.25, 0.3) is 0 Å². The van der Waals surface area contributed by atoms with Crippen molar-refractivity contribution in [1.29, 1.82) is 0 Å². The summed E-state index contributed by atoms with van der Waals surface area (Å²) in [4.78, 5) is 26.1. The van der Waals surface area contributed by atoms with Crippen molar-refractivity contribution in [2.45, 2.75) is 63.5 Å². The number of hydrogen-bond acceptors (Lipinski definition) is 9. The highest BCUT2D eigenvalue weighted by Gasteiger charge is 2.43. The van der Waals surface area contributed by atoms with Crippen molar-refractivity contribution in [2.75, 3.05) is 13.2 Å². The van der Waals surface area contributed by atoms with E-state index in [0.717, 1.165) is 6.08 Å². The lowest BCUT2D eigenvalue weighted by Gasteiger charge is -2.38. The third-order valence-corrected chi connectivity index (χ3v) is 5.83. The standard InChI is InChI=1S/C22H26O9/c1-3-4-15-17-10(7-22(2,28)31-15)5-11-13(24)6-12(19(26)18(11)20(17)27)21-29-9-14(25)16(8-23)30-21/h5-6,14-16,21,23,25,27-28H,3-4,7-9H2,1-2H3. The highest BCUT2D eigenvalue weighted by atomic mass is 16.7. The molecule has 31 heavy (non-hydrogen) atoms. The van der Waals surface area contributed by atoms with Crippen molar-refractivity contribution in [2.24, 2.45) is 0 Å². The van der Waals surface area contributed by atoms with Gasteiger partial charge in [0.15, 0.2) is 23.6 Å². The molecule has 0 amide bonds. The van der Waals surface area contributed by atoms with Gasteiger partial charge >= 0.3 is 0 Å². The summed E-state index contributed by atoms with van der Waals surface area (Å²) in [5.74, 6) is -2.96. The molecule has 0 bridgehead atoms. The smallest absolute Gasteiger partial charge is 0.198 e. The molecule has 0 aromatic heterocycles. The summed E-state index contributed by atoms with van der Waals surface area (Å²) in [6.45, 7) is 2.78. The van der Waals surface area contributed by atoms with E-state index in [2.05, 4.69) is 0 Å². The van der Waals surface area contributed by atoms with Gasteiger partial charge in [-0.15, -0.1) is 0 Å². The maximum atomic E-state index is 13.3. The fraction of sp³-hybridized carbons (Fsp3) is 0.545. The number of aliphatic hydroxyl groups excluding tert-OH is 2. The number of fused-ring (bicyclic) bond motifs is 2. The van der Waals surface area contributed by atoms with Crippen LogP contribution in [0.25, 0.3) is 0 Å². The lowest BCUT2D eigenvalue weighted by atomic mass is 9.81. The molecule has 3 aliphatic rings. The first kappa shape index (κ1) is 22.1. The van der Waals surface area contributed by atoms with Gasteiger partial charge in [-0.05, 0) is 31.1 Å². The Morgan fingerprint density at radius 3 is 2.71 bits per heavy atom. The molecule has 2 heterocycles. The average Bonchev–Trinajstić information content (AvgIpc) is 2.70. The van der Waals surface area contributed by atoms with Crippen LogP contribution in [-0.4, -0.2) is 69.5 Å². The predicted octanol–water partition coefficient (Wildman–Crippen LogP) is 0.915. The number of rotatable bonds is 4. The minimum Gasteiger partial charge on any atom is -0.507 e. The first-order valence-electron chi connectivity index (χ1n) is 10.3. The molecule has 1 aromatic rings. The summed E-state index contributed by atoms with van der Waals surface area (Å²) in [7, 11) is 0. The highest BCUT2D eigenvalue weighted by molar-refractivity contribution is 6.26. The van der Waals surface area contributed by atoms with E-state index in [9.17, 15) is 30.0 Å². The number of phenolic OH excluding ortho intramolecular Hbond substituents is 1. The van der Waals surface area contributed by atoms with Crippen molar-refractivity contribution in [3.05, 3.63) is 40.0 Å². The molecule has 0 radical (unpaired) electrons. The molecule has 9 nitrogen and oxygen atoms in total. The SMILES string of the molecule is CCCC1OC(C)(O)Cc2cc3c(c(O)c21)C(=O)C(C1OCC(O)C(CO)O1)=CC3=O. The Morgan fingerprint density at radius 2 is 2.03 bits per heavy atom. The van der Waals surface area contributed by atoms with Crippen LogP contribution in [0.5, 0.6) is 5.75 Å². The molecule has 1 fully saturated rings. The molecular formula is C22H26O9. The van der Waals surface area contributed by atoms with Gasteiger partial charge in [-0.3, -0.25) is 9.59 Å². The second-order valence-electron chi connectivity index (χ2n) is 8.35. The fourth-order valence-electron chi connectivity index (χ4n) is 4.41. The Kier molecular flexibility index (Phi) is 5.76. The lowest BCUT2D eigenvalue weighted by molar-refractivity contribution is -0.241. The van der Waals surface area contributed by atoms with Crippen LogP contribution in [0.2, 0.25) is 0 Å². The van der Waals surface area contributed by atoms with E-state index in [1.54, 1.807) is 0 Å². The van der Waals surface area contributed by atoms with Crippen LogP contribution in [0.3, 0.4) is 0 Å². The number of aromatic hydroxyl groups is 1. The number of allylic oxidation sites excluding steroid dienone is 1. The zero-order valence-corrected chi connectivity index (χ0v) is 17.3. The van der Waals surface area contributed by atoms with E-state index in [0.29, 0.717) is 24.0 Å². The number of phenols is 1. The molecular weight excluding hydrogens is 408 g/mol. The van der Waals surface area contributed by atoms with Gasteiger partial charge in [-0.2, -0.15) is 0 Å². The van der Waals surface area contributed by atoms with Crippen molar-refractivity contribution in [1.82, 2.24) is 0 Å². The maximum Gasteiger partial charge on any atom is 0.198 e. The Hall–Kier alpha value is -2.14. The number of benzene rings is 1. The van der Waals surface area contributed by atoms with Crippen LogP contribution in [0.15, 0.2) is 17.7 Å². The summed E-state index contributed by atoms with van der Waals surface area (Å²) in [6.07, 6.45) is -1.56. The second kappa shape index (κ2) is 8.09. The Balaban J connectivity index is 1.76. The van der Waals surface area contributed by atoms with Gasteiger partial charge < -0.3 is 34.6 Å². The molecule has 1 aliphatic carbocycles. The summed E-state index contributed by atoms with van der Waals surface area (Å²) in [5, 5.41) is 40.7. The molecule has 0 saturated carbocycles. The Morgan fingerprint density at radius 1 is 1.29 bits per heavy atom. The topological polar surface area (TPSA) is 143 Å². The maximum absolute atomic E-state index is 13.3. The summed E-state index contributed by atoms with van der Waals surface area (Å²) < 4.78 is 16.6. The first-order chi connectivity index (χ1) is 14.7. The molecule has 0 spiro atoms. The lowest BCUT2D eigenvalue weighted by Crippen LogP contribution is -2.47. The number of carbonyl (C=O) groups is 2. The van der Waals surface area contributed by atoms with E-state index in [4.69, 9.17) is 14.2 Å². The van der Waals surface area contributed by atoms with Crippen molar-refractivity contribution in [3.8, 4) is 5.75 Å². The zero-order chi connectivity index (χ0) is 22.5. The van der Waals surface area contributed by atoms with Crippen LogP contribution >= 0.6 is 0 Å². The monoisotopic (exact) mass is 434 g/mol. The third kappa shape index (κ3) is 3.82. The predicted molar refractivity (Wildman–Crippen MR) is 106 cm³/mol. The van der Waals surface area contributed by atoms with Crippen LogP contribution in [0, 0.1) is 0 Å². The number of hydrogen-bond donors (Lipinski definition) is 4. The number of ketones is 2. The Bertz CT molecular complexity index is 949. The van der Waals surface area contributed by atoms with Gasteiger partial charge in [0.05, 0.1) is 30.5 Å². The normalized spacial score (nSPS) is 33.0. The molecule has 4 rings (SSSR count). The molecule has 4 N–H and O–H groups in total. The van der Waals surface area contributed by atoms with Crippen molar-refractivity contribution in [3.63, 3.8) is 0 Å². The van der Waals surface area contributed by atoms with E-state index in [-0.39, 0.29) is 35.5 Å². The fourth-order valence-corrected chi connectivity index (χ4v) is 4.41. The van der Waals surface area contributed by atoms with Crippen LogP contribution < -0.4 is 0 Å². The van der Waals surface area contributed by atoms with Crippen LogP contribution in [-0.2, 0) is 20.6 Å². The molecule has 9 heteroatoms. The van der Waals surface area contributed by atoms with E-state index in [1.807, 2.05) is 6.92 Å². The van der Waals surface area contributed by atoms with Gasteiger partial charge in [0.1, 0.15) is 18.0 Å². The number of aliphatic hydroxyl groups is 3. The number of carbonyl (C=O) groups excluding carboxylic acids is 2. The van der Waals surface area contributed by atoms with Crippen LogP contribution in [0.1, 0.15) is 64.6 Å². The van der Waals surface area contributed by atoms with Crippen LogP contribution in [0.4, 0.5) is 0 Å². The van der Waals surface area contributed by atoms with Gasteiger partial charge in [0, 0.05) is 17.5 Å². The molecule has 168 valence electrons. The zero-order valence-electron chi connectivity index (χ0n) is 17.3. The van der Waals surface area contributed by atoms with Crippen molar-refractivity contribution < 1.29 is 44.2 Å². The van der Waals surface area contributed by atoms with Gasteiger partial charge in [-0.1, -0.05) is 13.3 Å². The minimum absolute atomic E-state index is 0.0347. The van der Waals surface area contributed by atoms with E-state index >= 15 is 0 Å².